The maximum Gasteiger partial charge on any atom is 0.335 e. The van der Waals surface area contributed by atoms with Gasteiger partial charge in [-0.15, -0.1) is 0 Å². The molecule has 0 fully saturated rings. The van der Waals surface area contributed by atoms with E-state index in [4.69, 9.17) is 0 Å². The van der Waals surface area contributed by atoms with Crippen molar-refractivity contribution in [3.63, 3.8) is 0 Å². The lowest BCUT2D eigenvalue weighted by atomic mass is 9.93. The molecule has 0 aliphatic rings. The van der Waals surface area contributed by atoms with Gasteiger partial charge in [0.05, 0.1) is 5.56 Å². The zero-order valence-corrected chi connectivity index (χ0v) is 11.9. The summed E-state index contributed by atoms with van der Waals surface area (Å²) in [6, 6.07) is 8.78. The van der Waals surface area contributed by atoms with E-state index < -0.39 is 5.97 Å². The molecule has 0 aliphatic heterocycles. The first-order valence-corrected chi connectivity index (χ1v) is 6.60. The number of aromatic hydroxyl groups is 1. The Morgan fingerprint density at radius 1 is 1.15 bits per heavy atom. The molecular weight excluding hydrogens is 252 g/mol. The largest absolute Gasteiger partial charge is 0.508 e. The van der Waals surface area contributed by atoms with Crippen LogP contribution in [0, 0.1) is 13.8 Å². The van der Waals surface area contributed by atoms with Gasteiger partial charge in [-0.25, -0.2) is 4.79 Å². The summed E-state index contributed by atoms with van der Waals surface area (Å²) in [6.45, 7) is 5.87. The van der Waals surface area contributed by atoms with Crippen molar-refractivity contribution in [3.05, 3.63) is 52.6 Å². The maximum absolute atomic E-state index is 11.2. The van der Waals surface area contributed by atoms with E-state index in [2.05, 4.69) is 0 Å². The molecule has 104 valence electrons. The van der Waals surface area contributed by atoms with Crippen LogP contribution in [0.25, 0.3) is 11.1 Å². The van der Waals surface area contributed by atoms with E-state index in [1.807, 2.05) is 32.9 Å². The highest BCUT2D eigenvalue weighted by Crippen LogP contribution is 2.31. The van der Waals surface area contributed by atoms with Crippen molar-refractivity contribution < 1.29 is 15.0 Å². The van der Waals surface area contributed by atoms with Crippen LogP contribution in [0.4, 0.5) is 0 Å². The van der Waals surface area contributed by atoms with Crippen molar-refractivity contribution in [1.82, 2.24) is 0 Å². The summed E-state index contributed by atoms with van der Waals surface area (Å²) in [7, 11) is 0. The third-order valence-corrected chi connectivity index (χ3v) is 3.69. The number of benzene rings is 2. The van der Waals surface area contributed by atoms with Crippen LogP contribution in [0.5, 0.6) is 5.75 Å². The number of carboxylic acid groups (broad SMARTS) is 1. The molecule has 0 atom stereocenters. The zero-order chi connectivity index (χ0) is 14.9. The summed E-state index contributed by atoms with van der Waals surface area (Å²) < 4.78 is 0. The van der Waals surface area contributed by atoms with Gasteiger partial charge in [-0.2, -0.15) is 0 Å². The Bertz CT molecular complexity index is 672. The third kappa shape index (κ3) is 2.52. The molecule has 2 N–H and O–H groups in total. The molecular formula is C17H18O3. The zero-order valence-electron chi connectivity index (χ0n) is 11.9. The Kier molecular flexibility index (Phi) is 3.79. The Morgan fingerprint density at radius 3 is 2.45 bits per heavy atom. The lowest BCUT2D eigenvalue weighted by molar-refractivity contribution is 0.0697. The van der Waals surface area contributed by atoms with Gasteiger partial charge >= 0.3 is 5.97 Å². The minimum Gasteiger partial charge on any atom is -0.508 e. The number of carbonyl (C=O) groups is 1. The number of phenols is 1. The van der Waals surface area contributed by atoms with Crippen LogP contribution >= 0.6 is 0 Å². The van der Waals surface area contributed by atoms with E-state index in [1.165, 1.54) is 0 Å². The van der Waals surface area contributed by atoms with E-state index in [0.717, 1.165) is 34.2 Å². The van der Waals surface area contributed by atoms with Crippen molar-refractivity contribution in [3.8, 4) is 16.9 Å². The molecule has 0 spiro atoms. The van der Waals surface area contributed by atoms with Gasteiger partial charge in [-0.05, 0) is 72.4 Å². The van der Waals surface area contributed by atoms with Gasteiger partial charge in [-0.1, -0.05) is 13.0 Å². The van der Waals surface area contributed by atoms with E-state index in [9.17, 15) is 15.0 Å². The third-order valence-electron chi connectivity index (χ3n) is 3.69. The smallest absolute Gasteiger partial charge is 0.335 e. The molecule has 0 aliphatic carbocycles. The second-order valence-electron chi connectivity index (χ2n) is 4.97. The van der Waals surface area contributed by atoms with Crippen LogP contribution in [0.3, 0.4) is 0 Å². The lowest BCUT2D eigenvalue weighted by Gasteiger charge is -2.12. The standard InChI is InChI=1S/C17H18O3/c1-4-12-8-13(5-6-16(12)18)15-9-14(17(19)20)7-10(2)11(15)3/h5-9,18H,4H2,1-3H3,(H,19,20). The van der Waals surface area contributed by atoms with Crippen LogP contribution in [0.15, 0.2) is 30.3 Å². The molecule has 0 amide bonds. The quantitative estimate of drug-likeness (QED) is 0.888. The van der Waals surface area contributed by atoms with Crippen molar-refractivity contribution in [2.45, 2.75) is 27.2 Å². The fraction of sp³-hybridized carbons (Fsp3) is 0.235. The summed E-state index contributed by atoms with van der Waals surface area (Å²) in [5.74, 6) is -0.649. The van der Waals surface area contributed by atoms with E-state index in [1.54, 1.807) is 18.2 Å². The Labute approximate surface area is 118 Å². The molecule has 0 saturated carbocycles. The van der Waals surface area contributed by atoms with E-state index in [-0.39, 0.29) is 11.3 Å². The summed E-state index contributed by atoms with van der Waals surface area (Å²) >= 11 is 0. The van der Waals surface area contributed by atoms with E-state index in [0.29, 0.717) is 0 Å². The highest BCUT2D eigenvalue weighted by atomic mass is 16.4. The summed E-state index contributed by atoms with van der Waals surface area (Å²) in [5, 5.41) is 18.9. The molecule has 20 heavy (non-hydrogen) atoms. The second kappa shape index (κ2) is 5.37. The molecule has 0 heterocycles. The first-order valence-electron chi connectivity index (χ1n) is 6.60. The molecule has 2 aromatic carbocycles. The van der Waals surface area contributed by atoms with Crippen molar-refractivity contribution in [2.24, 2.45) is 0 Å². The average Bonchev–Trinajstić information content (AvgIpc) is 2.42. The van der Waals surface area contributed by atoms with Gasteiger partial charge in [0.1, 0.15) is 5.75 Å². The van der Waals surface area contributed by atoms with Crippen LogP contribution < -0.4 is 0 Å². The number of aromatic carboxylic acids is 1. The van der Waals surface area contributed by atoms with Crippen molar-refractivity contribution in [2.75, 3.05) is 0 Å². The fourth-order valence-corrected chi connectivity index (χ4v) is 2.32. The van der Waals surface area contributed by atoms with Gasteiger partial charge in [-0.3, -0.25) is 0 Å². The number of hydrogen-bond acceptors (Lipinski definition) is 2. The molecule has 3 heteroatoms. The number of carboxylic acids is 1. The van der Waals surface area contributed by atoms with Crippen LogP contribution in [-0.2, 0) is 6.42 Å². The van der Waals surface area contributed by atoms with E-state index >= 15 is 0 Å². The SMILES string of the molecule is CCc1cc(-c2cc(C(=O)O)cc(C)c2C)ccc1O. The highest BCUT2D eigenvalue weighted by molar-refractivity contribution is 5.90. The molecule has 2 aromatic rings. The molecule has 0 bridgehead atoms. The van der Waals surface area contributed by atoms with Crippen molar-refractivity contribution in [1.29, 1.82) is 0 Å². The first kappa shape index (κ1) is 14.1. The van der Waals surface area contributed by atoms with Gasteiger partial charge in [0, 0.05) is 0 Å². The summed E-state index contributed by atoms with van der Waals surface area (Å²) in [4.78, 5) is 11.2. The van der Waals surface area contributed by atoms with Crippen molar-refractivity contribution >= 4 is 5.97 Å². The predicted molar refractivity (Wildman–Crippen MR) is 79.4 cm³/mol. The molecule has 0 saturated heterocycles. The van der Waals surface area contributed by atoms with Crippen LogP contribution in [0.2, 0.25) is 0 Å². The predicted octanol–water partition coefficient (Wildman–Crippen LogP) is 3.94. The van der Waals surface area contributed by atoms with Crippen LogP contribution in [-0.4, -0.2) is 16.2 Å². The lowest BCUT2D eigenvalue weighted by Crippen LogP contribution is -2.00. The monoisotopic (exact) mass is 270 g/mol. The molecule has 2 rings (SSSR count). The second-order valence-corrected chi connectivity index (χ2v) is 4.97. The van der Waals surface area contributed by atoms with Crippen LogP contribution in [0.1, 0.15) is 34.0 Å². The number of rotatable bonds is 3. The summed E-state index contributed by atoms with van der Waals surface area (Å²) in [6.07, 6.45) is 0.732. The molecule has 0 radical (unpaired) electrons. The van der Waals surface area contributed by atoms with Gasteiger partial charge in [0.15, 0.2) is 0 Å². The maximum atomic E-state index is 11.2. The first-order chi connectivity index (χ1) is 9.43. The molecule has 0 unspecified atom stereocenters. The Morgan fingerprint density at radius 2 is 1.85 bits per heavy atom. The average molecular weight is 270 g/mol. The molecule has 3 nitrogen and oxygen atoms in total. The number of hydrogen-bond donors (Lipinski definition) is 2. The topological polar surface area (TPSA) is 57.5 Å². The van der Waals surface area contributed by atoms with Gasteiger partial charge in [0.2, 0.25) is 0 Å². The Balaban J connectivity index is 2.65. The molecule has 0 aromatic heterocycles. The van der Waals surface area contributed by atoms with Gasteiger partial charge in [0.25, 0.3) is 0 Å². The fourth-order valence-electron chi connectivity index (χ4n) is 2.32. The number of phenolic OH excluding ortho intramolecular Hbond substituents is 1. The Hall–Kier alpha value is -2.29. The minimum absolute atomic E-state index is 0.278. The highest BCUT2D eigenvalue weighted by Gasteiger charge is 2.12. The normalized spacial score (nSPS) is 10.6. The number of aryl methyl sites for hydroxylation is 2. The van der Waals surface area contributed by atoms with Gasteiger partial charge < -0.3 is 10.2 Å². The minimum atomic E-state index is -0.927. The summed E-state index contributed by atoms with van der Waals surface area (Å²) in [5.41, 5.74) is 4.99.